The van der Waals surface area contributed by atoms with Crippen molar-refractivity contribution in [2.75, 3.05) is 23.9 Å². The lowest BCUT2D eigenvalue weighted by Crippen LogP contribution is -2.29. The first-order valence-corrected chi connectivity index (χ1v) is 6.51. The summed E-state index contributed by atoms with van der Waals surface area (Å²) in [6.07, 6.45) is 8.09. The molecule has 0 radical (unpaired) electrons. The Kier molecular flexibility index (Phi) is 4.29. The molecule has 1 aromatic carbocycles. The lowest BCUT2D eigenvalue weighted by atomic mass is 10.1. The first-order chi connectivity index (χ1) is 7.90. The van der Waals surface area contributed by atoms with Gasteiger partial charge in [0.15, 0.2) is 0 Å². The molecule has 16 heavy (non-hydrogen) atoms. The Morgan fingerprint density at radius 1 is 1.19 bits per heavy atom. The second kappa shape index (κ2) is 5.95. The molecule has 0 N–H and O–H groups in total. The van der Waals surface area contributed by atoms with E-state index < -0.39 is 0 Å². The fourth-order valence-corrected chi connectivity index (χ4v) is 2.25. The van der Waals surface area contributed by atoms with Crippen molar-refractivity contribution in [3.63, 3.8) is 0 Å². The minimum atomic E-state index is 0.577. The Labute approximate surface area is 103 Å². The van der Waals surface area contributed by atoms with Crippen molar-refractivity contribution in [1.29, 1.82) is 0 Å². The molecule has 0 saturated carbocycles. The molecule has 0 unspecified atom stereocenters. The second-order valence-corrected chi connectivity index (χ2v) is 4.51. The van der Waals surface area contributed by atoms with Crippen LogP contribution in [0.25, 0.3) is 6.08 Å². The third kappa shape index (κ3) is 3.02. The van der Waals surface area contributed by atoms with Crippen LogP contribution >= 0.6 is 11.6 Å². The number of piperidine rings is 1. The molecule has 0 aliphatic carbocycles. The van der Waals surface area contributed by atoms with E-state index in [1.807, 2.05) is 6.08 Å². The fourth-order valence-electron chi connectivity index (χ4n) is 2.16. The van der Waals surface area contributed by atoms with Gasteiger partial charge >= 0.3 is 0 Å². The Hall–Kier alpha value is -0.950. The van der Waals surface area contributed by atoms with Crippen molar-refractivity contribution in [2.24, 2.45) is 0 Å². The zero-order chi connectivity index (χ0) is 11.2. The molecular weight excluding hydrogens is 218 g/mol. The maximum absolute atomic E-state index is 5.64. The predicted octanol–water partition coefficient (Wildman–Crippen LogP) is 3.93. The van der Waals surface area contributed by atoms with E-state index in [-0.39, 0.29) is 0 Å². The number of halogens is 1. The molecule has 86 valence electrons. The summed E-state index contributed by atoms with van der Waals surface area (Å²) in [6, 6.07) is 8.69. The highest BCUT2D eigenvalue weighted by Gasteiger charge is 2.10. The lowest BCUT2D eigenvalue weighted by Gasteiger charge is -2.29. The number of benzene rings is 1. The molecule has 1 aromatic rings. The van der Waals surface area contributed by atoms with Crippen molar-refractivity contribution in [3.05, 3.63) is 35.9 Å². The van der Waals surface area contributed by atoms with Gasteiger partial charge in [-0.05, 0) is 37.0 Å². The smallest absolute Gasteiger partial charge is 0.0407 e. The molecule has 0 bridgehead atoms. The number of hydrogen-bond acceptors (Lipinski definition) is 1. The van der Waals surface area contributed by atoms with Crippen molar-refractivity contribution in [1.82, 2.24) is 0 Å². The molecule has 0 atom stereocenters. The standard InChI is InChI=1S/C14H18ClN/c15-9-5-7-13-6-4-8-14(12-13)16-10-2-1-3-11-16/h4-8,12H,1-3,9-11H2. The fraction of sp³-hybridized carbons (Fsp3) is 0.429. The topological polar surface area (TPSA) is 3.24 Å². The number of anilines is 1. The minimum Gasteiger partial charge on any atom is -0.372 e. The average Bonchev–Trinajstić information content (AvgIpc) is 2.38. The van der Waals surface area contributed by atoms with E-state index in [9.17, 15) is 0 Å². The highest BCUT2D eigenvalue weighted by molar-refractivity contribution is 6.19. The minimum absolute atomic E-state index is 0.577. The number of hydrogen-bond donors (Lipinski definition) is 0. The first-order valence-electron chi connectivity index (χ1n) is 5.97. The molecule has 0 spiro atoms. The van der Waals surface area contributed by atoms with Crippen LogP contribution in [0.2, 0.25) is 0 Å². The van der Waals surface area contributed by atoms with Crippen LogP contribution in [0, 0.1) is 0 Å². The van der Waals surface area contributed by atoms with Crippen LogP contribution in [0.15, 0.2) is 30.3 Å². The van der Waals surface area contributed by atoms with Crippen LogP contribution in [0.3, 0.4) is 0 Å². The maximum atomic E-state index is 5.64. The zero-order valence-electron chi connectivity index (χ0n) is 9.53. The average molecular weight is 236 g/mol. The summed E-state index contributed by atoms with van der Waals surface area (Å²) in [7, 11) is 0. The Morgan fingerprint density at radius 3 is 2.75 bits per heavy atom. The van der Waals surface area contributed by atoms with Gasteiger partial charge in [-0.25, -0.2) is 0 Å². The summed E-state index contributed by atoms with van der Waals surface area (Å²) >= 11 is 5.64. The van der Waals surface area contributed by atoms with Crippen molar-refractivity contribution >= 4 is 23.4 Å². The molecule has 0 aromatic heterocycles. The summed E-state index contributed by atoms with van der Waals surface area (Å²) in [4.78, 5) is 2.47. The second-order valence-electron chi connectivity index (χ2n) is 4.20. The van der Waals surface area contributed by atoms with Gasteiger partial charge < -0.3 is 4.90 Å². The Morgan fingerprint density at radius 2 is 2.00 bits per heavy atom. The molecule has 2 rings (SSSR count). The molecule has 1 fully saturated rings. The van der Waals surface area contributed by atoms with Gasteiger partial charge in [0.2, 0.25) is 0 Å². The lowest BCUT2D eigenvalue weighted by molar-refractivity contribution is 0.578. The first kappa shape index (κ1) is 11.5. The molecule has 1 nitrogen and oxygen atoms in total. The molecule has 1 saturated heterocycles. The summed E-state index contributed by atoms with van der Waals surface area (Å²) < 4.78 is 0. The molecule has 2 heteroatoms. The van der Waals surface area contributed by atoms with Gasteiger partial charge in [-0.2, -0.15) is 0 Å². The van der Waals surface area contributed by atoms with Crippen LogP contribution in [-0.4, -0.2) is 19.0 Å². The highest BCUT2D eigenvalue weighted by Crippen LogP contribution is 2.21. The third-order valence-corrected chi connectivity index (χ3v) is 3.17. The summed E-state index contributed by atoms with van der Waals surface area (Å²) in [6.45, 7) is 2.39. The van der Waals surface area contributed by atoms with E-state index in [1.54, 1.807) is 0 Å². The van der Waals surface area contributed by atoms with E-state index in [0.717, 1.165) is 0 Å². The zero-order valence-corrected chi connectivity index (χ0v) is 10.3. The van der Waals surface area contributed by atoms with Crippen molar-refractivity contribution in [2.45, 2.75) is 19.3 Å². The maximum Gasteiger partial charge on any atom is 0.0407 e. The van der Waals surface area contributed by atoms with Crippen LogP contribution in [0.1, 0.15) is 24.8 Å². The third-order valence-electron chi connectivity index (χ3n) is 2.99. The Bertz CT molecular complexity index is 354. The Balaban J connectivity index is 2.11. The SMILES string of the molecule is ClCC=Cc1cccc(N2CCCCC2)c1. The van der Waals surface area contributed by atoms with E-state index >= 15 is 0 Å². The van der Waals surface area contributed by atoms with Gasteiger partial charge in [0.05, 0.1) is 0 Å². The summed E-state index contributed by atoms with van der Waals surface area (Å²) in [5.41, 5.74) is 2.58. The van der Waals surface area contributed by atoms with Gasteiger partial charge in [0, 0.05) is 24.7 Å². The molecule has 0 amide bonds. The number of allylic oxidation sites excluding steroid dienone is 1. The van der Waals surface area contributed by atoms with Gasteiger partial charge in [-0.15, -0.1) is 11.6 Å². The summed E-state index contributed by atoms with van der Waals surface area (Å²) in [5.74, 6) is 0.577. The van der Waals surface area contributed by atoms with Crippen molar-refractivity contribution < 1.29 is 0 Å². The highest BCUT2D eigenvalue weighted by atomic mass is 35.5. The van der Waals surface area contributed by atoms with E-state index in [1.165, 1.54) is 43.6 Å². The van der Waals surface area contributed by atoms with E-state index in [0.29, 0.717) is 5.88 Å². The molecule has 1 aliphatic rings. The van der Waals surface area contributed by atoms with E-state index in [2.05, 4.69) is 35.2 Å². The normalized spacial score (nSPS) is 16.9. The van der Waals surface area contributed by atoms with Crippen LogP contribution in [-0.2, 0) is 0 Å². The summed E-state index contributed by atoms with van der Waals surface area (Å²) in [5, 5.41) is 0. The predicted molar refractivity (Wildman–Crippen MR) is 72.3 cm³/mol. The van der Waals surface area contributed by atoms with Gasteiger partial charge in [-0.3, -0.25) is 0 Å². The quantitative estimate of drug-likeness (QED) is 0.718. The monoisotopic (exact) mass is 235 g/mol. The van der Waals surface area contributed by atoms with E-state index in [4.69, 9.17) is 11.6 Å². The number of alkyl halides is 1. The van der Waals surface area contributed by atoms with Crippen LogP contribution in [0.5, 0.6) is 0 Å². The molecule has 1 heterocycles. The van der Waals surface area contributed by atoms with Gasteiger partial charge in [-0.1, -0.05) is 24.3 Å². The van der Waals surface area contributed by atoms with Gasteiger partial charge in [0.1, 0.15) is 0 Å². The van der Waals surface area contributed by atoms with Crippen LogP contribution < -0.4 is 4.90 Å². The largest absolute Gasteiger partial charge is 0.372 e. The van der Waals surface area contributed by atoms with Crippen LogP contribution in [0.4, 0.5) is 5.69 Å². The number of rotatable bonds is 3. The molecular formula is C14H18ClN. The van der Waals surface area contributed by atoms with Gasteiger partial charge in [0.25, 0.3) is 0 Å². The number of nitrogens with zero attached hydrogens (tertiary/aromatic N) is 1. The molecule has 1 aliphatic heterocycles. The van der Waals surface area contributed by atoms with Crippen molar-refractivity contribution in [3.8, 4) is 0 Å².